The molecule has 1 atom stereocenters. The highest BCUT2D eigenvalue weighted by Crippen LogP contribution is 2.26. The number of piperazine rings is 1. The van der Waals surface area contributed by atoms with Crippen molar-refractivity contribution in [2.24, 2.45) is 0 Å². The van der Waals surface area contributed by atoms with E-state index >= 15 is 0 Å². The zero-order chi connectivity index (χ0) is 17.1. The molecule has 1 aromatic carbocycles. The van der Waals surface area contributed by atoms with E-state index in [1.54, 1.807) is 13.3 Å². The molecule has 6 heteroatoms. The number of ether oxygens (including phenoxy) is 1. The molecule has 128 valence electrons. The van der Waals surface area contributed by atoms with Gasteiger partial charge in [-0.05, 0) is 31.7 Å². The molecule has 1 aromatic heterocycles. The van der Waals surface area contributed by atoms with Crippen LogP contribution in [0.3, 0.4) is 0 Å². The number of benzene rings is 1. The van der Waals surface area contributed by atoms with E-state index in [9.17, 15) is 4.79 Å². The third-order valence-electron chi connectivity index (χ3n) is 4.73. The number of rotatable bonds is 4. The van der Waals surface area contributed by atoms with Crippen LogP contribution in [0.4, 0.5) is 0 Å². The summed E-state index contributed by atoms with van der Waals surface area (Å²) in [4.78, 5) is 21.1. The van der Waals surface area contributed by atoms with E-state index in [-0.39, 0.29) is 11.9 Å². The highest BCUT2D eigenvalue weighted by atomic mass is 16.5. The summed E-state index contributed by atoms with van der Waals surface area (Å²) in [7, 11) is 3.77. The first-order chi connectivity index (χ1) is 11.6. The largest absolute Gasteiger partial charge is 0.497 e. The van der Waals surface area contributed by atoms with Gasteiger partial charge < -0.3 is 14.2 Å². The molecule has 1 aliphatic heterocycles. The van der Waals surface area contributed by atoms with E-state index in [4.69, 9.17) is 4.74 Å². The SMILES string of the molecule is COc1ccc([C@H]2CN(C(=O)Cn3ccnc3C)CCN2C)cc1. The van der Waals surface area contributed by atoms with Crippen molar-refractivity contribution >= 4 is 5.91 Å². The van der Waals surface area contributed by atoms with Crippen LogP contribution in [0, 0.1) is 6.92 Å². The maximum absolute atomic E-state index is 12.6. The van der Waals surface area contributed by atoms with Gasteiger partial charge in [0.1, 0.15) is 18.1 Å². The Labute approximate surface area is 142 Å². The lowest BCUT2D eigenvalue weighted by molar-refractivity contribution is -0.134. The Morgan fingerprint density at radius 1 is 1.29 bits per heavy atom. The second-order valence-corrected chi connectivity index (χ2v) is 6.21. The summed E-state index contributed by atoms with van der Waals surface area (Å²) in [6.45, 7) is 4.60. The molecule has 0 unspecified atom stereocenters. The van der Waals surface area contributed by atoms with Gasteiger partial charge in [-0.25, -0.2) is 4.98 Å². The fourth-order valence-electron chi connectivity index (χ4n) is 3.10. The number of carbonyl (C=O) groups excluding carboxylic acids is 1. The second-order valence-electron chi connectivity index (χ2n) is 6.21. The summed E-state index contributed by atoms with van der Waals surface area (Å²) in [5, 5.41) is 0. The first-order valence-electron chi connectivity index (χ1n) is 8.18. The Balaban J connectivity index is 1.70. The van der Waals surface area contributed by atoms with Crippen molar-refractivity contribution in [2.75, 3.05) is 33.8 Å². The minimum absolute atomic E-state index is 0.141. The summed E-state index contributed by atoms with van der Waals surface area (Å²) in [5.41, 5.74) is 1.20. The van der Waals surface area contributed by atoms with Gasteiger partial charge >= 0.3 is 0 Å². The minimum Gasteiger partial charge on any atom is -0.497 e. The number of likely N-dealkylation sites (N-methyl/N-ethyl adjacent to an activating group) is 1. The van der Waals surface area contributed by atoms with Crippen molar-refractivity contribution in [1.82, 2.24) is 19.4 Å². The summed E-state index contributed by atoms with van der Waals surface area (Å²) in [6, 6.07) is 8.30. The molecular formula is C18H24N4O2. The van der Waals surface area contributed by atoms with Crippen molar-refractivity contribution in [2.45, 2.75) is 19.5 Å². The Hall–Kier alpha value is -2.34. The number of methoxy groups -OCH3 is 1. The van der Waals surface area contributed by atoms with Crippen LogP contribution >= 0.6 is 0 Å². The summed E-state index contributed by atoms with van der Waals surface area (Å²) >= 11 is 0. The van der Waals surface area contributed by atoms with Crippen molar-refractivity contribution in [3.8, 4) is 5.75 Å². The third-order valence-corrected chi connectivity index (χ3v) is 4.73. The van der Waals surface area contributed by atoms with Crippen molar-refractivity contribution < 1.29 is 9.53 Å². The van der Waals surface area contributed by atoms with Gasteiger partial charge in [0.25, 0.3) is 0 Å². The van der Waals surface area contributed by atoms with Gasteiger partial charge in [-0.2, -0.15) is 0 Å². The van der Waals surface area contributed by atoms with Gasteiger partial charge in [0, 0.05) is 32.0 Å². The molecule has 2 aromatic rings. The zero-order valence-electron chi connectivity index (χ0n) is 14.5. The van der Waals surface area contributed by atoms with Crippen LogP contribution in [0.5, 0.6) is 5.75 Å². The fraction of sp³-hybridized carbons (Fsp3) is 0.444. The van der Waals surface area contributed by atoms with Crippen molar-refractivity contribution in [3.05, 3.63) is 48.0 Å². The lowest BCUT2D eigenvalue weighted by Gasteiger charge is -2.39. The Morgan fingerprint density at radius 2 is 2.04 bits per heavy atom. The van der Waals surface area contributed by atoms with Gasteiger partial charge in [0.2, 0.25) is 5.91 Å². The first kappa shape index (κ1) is 16.5. The number of aryl methyl sites for hydroxylation is 1. The summed E-state index contributed by atoms with van der Waals surface area (Å²) in [5.74, 6) is 1.85. The number of hydrogen-bond donors (Lipinski definition) is 0. The molecule has 0 saturated carbocycles. The lowest BCUT2D eigenvalue weighted by Crippen LogP contribution is -2.49. The monoisotopic (exact) mass is 328 g/mol. The number of amides is 1. The van der Waals surface area contributed by atoms with E-state index in [1.165, 1.54) is 5.56 Å². The van der Waals surface area contributed by atoms with Crippen LogP contribution in [0.15, 0.2) is 36.7 Å². The Bertz CT molecular complexity index is 695. The van der Waals surface area contributed by atoms with E-state index in [0.717, 1.165) is 24.7 Å². The molecule has 0 spiro atoms. The minimum atomic E-state index is 0.141. The highest BCUT2D eigenvalue weighted by Gasteiger charge is 2.28. The fourth-order valence-corrected chi connectivity index (χ4v) is 3.10. The predicted molar refractivity (Wildman–Crippen MR) is 91.9 cm³/mol. The van der Waals surface area contributed by atoms with Crippen LogP contribution in [-0.4, -0.2) is 59.0 Å². The second kappa shape index (κ2) is 7.05. The molecule has 2 heterocycles. The molecule has 6 nitrogen and oxygen atoms in total. The van der Waals surface area contributed by atoms with Crippen LogP contribution in [0.2, 0.25) is 0 Å². The summed E-state index contributed by atoms with van der Waals surface area (Å²) < 4.78 is 7.12. The average Bonchev–Trinajstić information content (AvgIpc) is 3.00. The zero-order valence-corrected chi connectivity index (χ0v) is 14.5. The number of nitrogens with zero attached hydrogens (tertiary/aromatic N) is 4. The van der Waals surface area contributed by atoms with Crippen LogP contribution < -0.4 is 4.74 Å². The van der Waals surface area contributed by atoms with Crippen molar-refractivity contribution in [3.63, 3.8) is 0 Å². The maximum Gasteiger partial charge on any atom is 0.242 e. The van der Waals surface area contributed by atoms with E-state index in [1.807, 2.05) is 34.7 Å². The molecule has 1 amide bonds. The molecule has 1 saturated heterocycles. The van der Waals surface area contributed by atoms with Crippen LogP contribution in [0.1, 0.15) is 17.4 Å². The van der Waals surface area contributed by atoms with E-state index < -0.39 is 0 Å². The summed E-state index contributed by atoms with van der Waals surface area (Å²) in [6.07, 6.45) is 3.58. The normalized spacial score (nSPS) is 18.6. The molecule has 0 aliphatic carbocycles. The van der Waals surface area contributed by atoms with Gasteiger partial charge in [-0.3, -0.25) is 9.69 Å². The number of imidazole rings is 1. The predicted octanol–water partition coefficient (Wildman–Crippen LogP) is 1.72. The van der Waals surface area contributed by atoms with E-state index in [2.05, 4.69) is 29.1 Å². The topological polar surface area (TPSA) is 50.6 Å². The number of hydrogen-bond acceptors (Lipinski definition) is 4. The van der Waals surface area contributed by atoms with Gasteiger partial charge in [-0.1, -0.05) is 12.1 Å². The molecule has 0 radical (unpaired) electrons. The third kappa shape index (κ3) is 3.43. The molecular weight excluding hydrogens is 304 g/mol. The highest BCUT2D eigenvalue weighted by molar-refractivity contribution is 5.76. The molecule has 3 rings (SSSR count). The van der Waals surface area contributed by atoms with Gasteiger partial charge in [0.15, 0.2) is 0 Å². The number of aromatic nitrogens is 2. The Morgan fingerprint density at radius 3 is 2.67 bits per heavy atom. The lowest BCUT2D eigenvalue weighted by atomic mass is 10.0. The van der Waals surface area contributed by atoms with Gasteiger partial charge in [-0.15, -0.1) is 0 Å². The molecule has 24 heavy (non-hydrogen) atoms. The van der Waals surface area contributed by atoms with Crippen LogP contribution in [-0.2, 0) is 11.3 Å². The molecule has 0 bridgehead atoms. The average molecular weight is 328 g/mol. The van der Waals surface area contributed by atoms with Crippen molar-refractivity contribution in [1.29, 1.82) is 0 Å². The molecule has 1 aliphatic rings. The van der Waals surface area contributed by atoms with Gasteiger partial charge in [0.05, 0.1) is 13.2 Å². The first-order valence-corrected chi connectivity index (χ1v) is 8.18. The van der Waals surface area contributed by atoms with E-state index in [0.29, 0.717) is 13.1 Å². The standard InChI is InChI=1S/C18H24N4O2/c1-14-19-8-9-21(14)13-18(23)22-11-10-20(2)17(12-22)15-4-6-16(24-3)7-5-15/h4-9,17H,10-13H2,1-3H3/t17-/m1/s1. The maximum atomic E-state index is 12.6. The quantitative estimate of drug-likeness (QED) is 0.857. The number of carbonyl (C=O) groups is 1. The molecule has 0 N–H and O–H groups in total. The molecule has 1 fully saturated rings. The Kier molecular flexibility index (Phi) is 4.85. The van der Waals surface area contributed by atoms with Crippen LogP contribution in [0.25, 0.3) is 0 Å². The smallest absolute Gasteiger partial charge is 0.242 e.